The molecule has 23 heavy (non-hydrogen) atoms. The van der Waals surface area contributed by atoms with E-state index >= 15 is 0 Å². The van der Waals surface area contributed by atoms with Gasteiger partial charge in [0.15, 0.2) is 6.04 Å². The van der Waals surface area contributed by atoms with E-state index in [-0.39, 0.29) is 0 Å². The molecule has 1 aromatic carbocycles. The topological polar surface area (TPSA) is 75.6 Å². The minimum atomic E-state index is -4.99. The summed E-state index contributed by atoms with van der Waals surface area (Å²) in [5, 5.41) is 11.0. The molecule has 0 aromatic heterocycles. The van der Waals surface area contributed by atoms with Gasteiger partial charge in [-0.05, 0) is 38.5 Å². The van der Waals surface area contributed by atoms with E-state index in [9.17, 15) is 27.2 Å². The lowest BCUT2D eigenvalue weighted by Crippen LogP contribution is -2.38. The molecule has 1 unspecified atom stereocenters. The molecule has 9 heteroatoms. The molecule has 0 heterocycles. The van der Waals surface area contributed by atoms with E-state index in [2.05, 4.69) is 0 Å². The van der Waals surface area contributed by atoms with Crippen LogP contribution in [0.1, 0.15) is 37.9 Å². The number of halogens is 4. The van der Waals surface area contributed by atoms with Gasteiger partial charge in [0.25, 0.3) is 0 Å². The summed E-state index contributed by atoms with van der Waals surface area (Å²) in [5.41, 5.74) is -2.98. The fraction of sp³-hybridized carbons (Fsp3) is 0.429. The maximum absolute atomic E-state index is 13.2. The zero-order valence-electron chi connectivity index (χ0n) is 12.5. The zero-order chi connectivity index (χ0) is 18.0. The Kier molecular flexibility index (Phi) is 5.24. The van der Waals surface area contributed by atoms with Crippen molar-refractivity contribution in [3.63, 3.8) is 0 Å². The Labute approximate surface area is 129 Å². The highest BCUT2D eigenvalue weighted by molar-refractivity contribution is 5.81. The Morgan fingerprint density at radius 3 is 2.22 bits per heavy atom. The maximum Gasteiger partial charge on any atom is 0.419 e. The third kappa shape index (κ3) is 5.42. The van der Waals surface area contributed by atoms with E-state index in [0.29, 0.717) is 12.1 Å². The summed E-state index contributed by atoms with van der Waals surface area (Å²) in [7, 11) is 0. The fourth-order valence-electron chi connectivity index (χ4n) is 1.65. The lowest BCUT2D eigenvalue weighted by Gasteiger charge is -2.22. The molecule has 0 aliphatic rings. The van der Waals surface area contributed by atoms with Gasteiger partial charge in [0.1, 0.15) is 11.4 Å². The van der Waals surface area contributed by atoms with Crippen molar-refractivity contribution in [3.05, 3.63) is 35.1 Å². The third-order valence-electron chi connectivity index (χ3n) is 2.54. The third-order valence-corrected chi connectivity index (χ3v) is 2.54. The minimum absolute atomic E-state index is 0.339. The predicted molar refractivity (Wildman–Crippen MR) is 71.1 cm³/mol. The molecule has 0 saturated carbocycles. The molecular formula is C14H15F4NO4. The first-order chi connectivity index (χ1) is 10.3. The van der Waals surface area contributed by atoms with Gasteiger partial charge in [-0.15, -0.1) is 0 Å². The van der Waals surface area contributed by atoms with Crippen LogP contribution in [0.4, 0.5) is 22.4 Å². The van der Waals surface area contributed by atoms with Crippen molar-refractivity contribution in [2.75, 3.05) is 0 Å². The number of alkyl carbamates (subject to hydrolysis) is 1. The van der Waals surface area contributed by atoms with Gasteiger partial charge in [-0.1, -0.05) is 6.07 Å². The van der Waals surface area contributed by atoms with E-state index in [4.69, 9.17) is 9.84 Å². The quantitative estimate of drug-likeness (QED) is 0.828. The number of hydrogen-bond donors (Lipinski definition) is 2. The molecule has 0 aliphatic carbocycles. The smallest absolute Gasteiger partial charge is 0.419 e. The van der Waals surface area contributed by atoms with Gasteiger partial charge in [0.05, 0.1) is 5.56 Å². The molecule has 1 aromatic rings. The van der Waals surface area contributed by atoms with Crippen molar-refractivity contribution in [1.29, 1.82) is 0 Å². The van der Waals surface area contributed by atoms with Crippen LogP contribution in [0.25, 0.3) is 0 Å². The molecule has 5 nitrogen and oxygen atoms in total. The fourth-order valence-corrected chi connectivity index (χ4v) is 1.65. The van der Waals surface area contributed by atoms with Gasteiger partial charge in [-0.3, -0.25) is 0 Å². The molecule has 0 spiro atoms. The summed E-state index contributed by atoms with van der Waals surface area (Å²) < 4.78 is 56.1. The minimum Gasteiger partial charge on any atom is -0.479 e. The lowest BCUT2D eigenvalue weighted by molar-refractivity contribution is -0.141. The molecule has 1 amide bonds. The normalized spacial score (nSPS) is 13.3. The Bertz CT molecular complexity index is 608. The second-order valence-electron chi connectivity index (χ2n) is 5.65. The van der Waals surface area contributed by atoms with E-state index < -0.39 is 46.8 Å². The van der Waals surface area contributed by atoms with Gasteiger partial charge in [0.2, 0.25) is 0 Å². The first-order valence-electron chi connectivity index (χ1n) is 6.40. The lowest BCUT2D eigenvalue weighted by atomic mass is 10.0. The van der Waals surface area contributed by atoms with Crippen LogP contribution in [-0.4, -0.2) is 22.8 Å². The molecule has 0 aliphatic heterocycles. The maximum atomic E-state index is 13.2. The summed E-state index contributed by atoms with van der Waals surface area (Å²) in [6.45, 7) is 4.59. The summed E-state index contributed by atoms with van der Waals surface area (Å²) in [5.74, 6) is -3.15. The van der Waals surface area contributed by atoms with Crippen molar-refractivity contribution >= 4 is 12.1 Å². The van der Waals surface area contributed by atoms with Crippen molar-refractivity contribution in [2.24, 2.45) is 0 Å². The zero-order valence-corrected chi connectivity index (χ0v) is 12.5. The van der Waals surface area contributed by atoms with Crippen LogP contribution in [0, 0.1) is 5.82 Å². The Morgan fingerprint density at radius 1 is 1.22 bits per heavy atom. The van der Waals surface area contributed by atoms with E-state index in [1.54, 1.807) is 0 Å². The van der Waals surface area contributed by atoms with Crippen LogP contribution in [-0.2, 0) is 15.7 Å². The average Bonchev–Trinajstić information content (AvgIpc) is 2.33. The number of carboxylic acid groups (broad SMARTS) is 1. The summed E-state index contributed by atoms with van der Waals surface area (Å²) in [6, 6.07) is -0.136. The van der Waals surface area contributed by atoms with Crippen molar-refractivity contribution in [2.45, 2.75) is 38.6 Å². The number of aliphatic carboxylic acids is 1. The number of nitrogens with one attached hydrogen (secondary N) is 1. The van der Waals surface area contributed by atoms with Gasteiger partial charge in [-0.2, -0.15) is 13.2 Å². The largest absolute Gasteiger partial charge is 0.479 e. The molecule has 1 atom stereocenters. The number of alkyl halides is 3. The number of carbonyl (C=O) groups is 2. The molecule has 128 valence electrons. The highest BCUT2D eigenvalue weighted by Gasteiger charge is 2.36. The van der Waals surface area contributed by atoms with Gasteiger partial charge < -0.3 is 15.2 Å². The number of ether oxygens (including phenoxy) is 1. The molecule has 1 rings (SSSR count). The number of benzene rings is 1. The Morgan fingerprint density at radius 2 is 1.78 bits per heavy atom. The standard InChI is InChI=1S/C14H15F4NO4/c1-13(2,3)23-12(22)19-10(11(20)21)7-4-5-9(15)8(6-7)14(16,17)18/h4-6,10H,1-3H3,(H,19,22)(H,20,21). The first-order valence-corrected chi connectivity index (χ1v) is 6.40. The monoisotopic (exact) mass is 337 g/mol. The molecule has 0 radical (unpaired) electrons. The molecule has 2 N–H and O–H groups in total. The summed E-state index contributed by atoms with van der Waals surface area (Å²) in [6.07, 6.45) is -6.11. The number of rotatable bonds is 3. The molecule has 0 fully saturated rings. The molecule has 0 bridgehead atoms. The highest BCUT2D eigenvalue weighted by Crippen LogP contribution is 2.33. The van der Waals surface area contributed by atoms with Gasteiger partial charge in [-0.25, -0.2) is 14.0 Å². The van der Waals surface area contributed by atoms with Crippen molar-refractivity contribution < 1.29 is 37.0 Å². The van der Waals surface area contributed by atoms with Crippen molar-refractivity contribution in [3.8, 4) is 0 Å². The van der Waals surface area contributed by atoms with Gasteiger partial charge in [0, 0.05) is 0 Å². The average molecular weight is 337 g/mol. The second kappa shape index (κ2) is 6.43. The number of hydrogen-bond acceptors (Lipinski definition) is 3. The number of carbonyl (C=O) groups excluding carboxylic acids is 1. The van der Waals surface area contributed by atoms with Crippen LogP contribution in [0.2, 0.25) is 0 Å². The SMILES string of the molecule is CC(C)(C)OC(=O)NC(C(=O)O)c1ccc(F)c(C(F)(F)F)c1. The van der Waals surface area contributed by atoms with E-state index in [0.717, 1.165) is 6.07 Å². The second-order valence-corrected chi connectivity index (χ2v) is 5.65. The van der Waals surface area contributed by atoms with E-state index in [1.807, 2.05) is 5.32 Å². The Balaban J connectivity index is 3.12. The van der Waals surface area contributed by atoms with Gasteiger partial charge >= 0.3 is 18.2 Å². The highest BCUT2D eigenvalue weighted by atomic mass is 19.4. The van der Waals surface area contributed by atoms with Crippen molar-refractivity contribution in [1.82, 2.24) is 5.32 Å². The summed E-state index contributed by atoms with van der Waals surface area (Å²) in [4.78, 5) is 22.8. The molecular weight excluding hydrogens is 322 g/mol. The Hall–Kier alpha value is -2.32. The molecule has 0 saturated heterocycles. The van der Waals surface area contributed by atoms with Crippen LogP contribution < -0.4 is 5.32 Å². The van der Waals surface area contributed by atoms with Crippen LogP contribution in [0.5, 0.6) is 0 Å². The number of carboxylic acids is 1. The number of amides is 1. The summed E-state index contributed by atoms with van der Waals surface area (Å²) >= 11 is 0. The van der Waals surface area contributed by atoms with Crippen LogP contribution in [0.3, 0.4) is 0 Å². The first kappa shape index (κ1) is 18.7. The van der Waals surface area contributed by atoms with Crippen LogP contribution >= 0.6 is 0 Å². The van der Waals surface area contributed by atoms with Crippen LogP contribution in [0.15, 0.2) is 18.2 Å². The predicted octanol–water partition coefficient (Wildman–Crippen LogP) is 3.49. The van der Waals surface area contributed by atoms with E-state index in [1.165, 1.54) is 20.8 Å².